The lowest BCUT2D eigenvalue weighted by atomic mass is 10.2. The molecule has 0 bridgehead atoms. The summed E-state index contributed by atoms with van der Waals surface area (Å²) in [6.45, 7) is 0.00336. The summed E-state index contributed by atoms with van der Waals surface area (Å²) >= 11 is 1.17. The summed E-state index contributed by atoms with van der Waals surface area (Å²) in [6.07, 6.45) is 0. The molecule has 24 heavy (non-hydrogen) atoms. The molecule has 0 fully saturated rings. The molecule has 0 aliphatic heterocycles. The highest BCUT2D eigenvalue weighted by atomic mass is 32.2. The summed E-state index contributed by atoms with van der Waals surface area (Å²) in [5, 5.41) is 5.61. The molecule has 0 atom stereocenters. The number of rotatable bonds is 6. The topological polar surface area (TPSA) is 85.5 Å². The third kappa shape index (κ3) is 3.32. The van der Waals surface area contributed by atoms with E-state index in [1.165, 1.54) is 22.7 Å². The van der Waals surface area contributed by atoms with Gasteiger partial charge in [-0.15, -0.1) is 11.3 Å². The second kappa shape index (κ2) is 6.71. The quantitative estimate of drug-likeness (QED) is 0.667. The van der Waals surface area contributed by atoms with Crippen molar-refractivity contribution in [3.63, 3.8) is 0 Å². The molecule has 0 aliphatic carbocycles. The van der Waals surface area contributed by atoms with Crippen molar-refractivity contribution < 1.29 is 17.7 Å². The van der Waals surface area contributed by atoms with E-state index < -0.39 is 10.0 Å². The molecule has 0 aliphatic rings. The van der Waals surface area contributed by atoms with Gasteiger partial charge in [-0.2, -0.15) is 9.29 Å². The van der Waals surface area contributed by atoms with E-state index in [-0.39, 0.29) is 16.6 Å². The minimum Gasteiger partial charge on any atom is -0.497 e. The first-order valence-electron chi connectivity index (χ1n) is 6.97. The standard InChI is InChI=1S/C15H15N3O4S2/c1-18(24(19,20)14-4-3-9-23-14)10-13-16-15(17-22-13)11-5-7-12(21-2)8-6-11/h3-9H,10H2,1-2H3. The lowest BCUT2D eigenvalue weighted by Crippen LogP contribution is -2.25. The van der Waals surface area contributed by atoms with Gasteiger partial charge in [0.15, 0.2) is 0 Å². The van der Waals surface area contributed by atoms with Crippen LogP contribution in [0.4, 0.5) is 0 Å². The van der Waals surface area contributed by atoms with E-state index in [1.54, 1.807) is 48.9 Å². The summed E-state index contributed by atoms with van der Waals surface area (Å²) in [7, 11) is -0.484. The van der Waals surface area contributed by atoms with Crippen LogP contribution in [0.15, 0.2) is 50.5 Å². The van der Waals surface area contributed by atoms with Gasteiger partial charge >= 0.3 is 0 Å². The van der Waals surface area contributed by atoms with Gasteiger partial charge in [0.25, 0.3) is 10.0 Å². The summed E-state index contributed by atoms with van der Waals surface area (Å²) in [5.41, 5.74) is 0.759. The highest BCUT2D eigenvalue weighted by molar-refractivity contribution is 7.91. The number of thiophene rings is 1. The number of sulfonamides is 1. The zero-order valence-corrected chi connectivity index (χ0v) is 14.7. The molecule has 0 saturated carbocycles. The lowest BCUT2D eigenvalue weighted by Gasteiger charge is -2.13. The Labute approximate surface area is 143 Å². The van der Waals surface area contributed by atoms with Gasteiger partial charge in [0.1, 0.15) is 9.96 Å². The number of ether oxygens (including phenoxy) is 1. The van der Waals surface area contributed by atoms with Crippen LogP contribution >= 0.6 is 11.3 Å². The molecule has 1 aromatic carbocycles. The van der Waals surface area contributed by atoms with Crippen LogP contribution in [0.5, 0.6) is 5.75 Å². The average molecular weight is 365 g/mol. The fraction of sp³-hybridized carbons (Fsp3) is 0.200. The molecule has 7 nitrogen and oxygen atoms in total. The summed E-state index contributed by atoms with van der Waals surface area (Å²) < 4.78 is 36.5. The summed E-state index contributed by atoms with van der Waals surface area (Å²) in [5.74, 6) is 1.35. The highest BCUT2D eigenvalue weighted by Gasteiger charge is 2.24. The third-order valence-electron chi connectivity index (χ3n) is 3.33. The average Bonchev–Trinajstić information content (AvgIpc) is 3.27. The Bertz CT molecular complexity index is 903. The van der Waals surface area contributed by atoms with Gasteiger partial charge in [0.05, 0.1) is 13.7 Å². The minimum atomic E-state index is -3.55. The Morgan fingerprint density at radius 2 is 2.00 bits per heavy atom. The van der Waals surface area contributed by atoms with Crippen LogP contribution in [0, 0.1) is 0 Å². The SMILES string of the molecule is COc1ccc(-c2noc(CN(C)S(=O)(=O)c3cccs3)n2)cc1. The smallest absolute Gasteiger partial charge is 0.252 e. The Hall–Kier alpha value is -2.23. The number of hydrogen-bond acceptors (Lipinski definition) is 7. The Morgan fingerprint density at radius 3 is 2.62 bits per heavy atom. The monoisotopic (exact) mass is 365 g/mol. The van der Waals surface area contributed by atoms with Crippen molar-refractivity contribution >= 4 is 21.4 Å². The van der Waals surface area contributed by atoms with E-state index in [4.69, 9.17) is 9.26 Å². The van der Waals surface area contributed by atoms with Crippen LogP contribution < -0.4 is 4.74 Å². The van der Waals surface area contributed by atoms with Crippen molar-refractivity contribution in [3.8, 4) is 17.1 Å². The van der Waals surface area contributed by atoms with Crippen molar-refractivity contribution in [1.82, 2.24) is 14.4 Å². The predicted octanol–water partition coefficient (Wildman–Crippen LogP) is 2.63. The van der Waals surface area contributed by atoms with Crippen molar-refractivity contribution in [1.29, 1.82) is 0 Å². The molecule has 3 aromatic rings. The molecule has 126 valence electrons. The molecule has 0 N–H and O–H groups in total. The van der Waals surface area contributed by atoms with E-state index in [0.717, 1.165) is 11.3 Å². The fourth-order valence-corrected chi connectivity index (χ4v) is 4.34. The van der Waals surface area contributed by atoms with Gasteiger partial charge in [-0.3, -0.25) is 0 Å². The van der Waals surface area contributed by atoms with Crippen molar-refractivity contribution in [2.45, 2.75) is 10.8 Å². The molecule has 9 heteroatoms. The Morgan fingerprint density at radius 1 is 1.25 bits per heavy atom. The maximum atomic E-state index is 12.4. The van der Waals surface area contributed by atoms with Gasteiger partial charge < -0.3 is 9.26 Å². The van der Waals surface area contributed by atoms with Crippen molar-refractivity contribution in [2.24, 2.45) is 0 Å². The van der Waals surface area contributed by atoms with Crippen LogP contribution in [0.1, 0.15) is 5.89 Å². The predicted molar refractivity (Wildman–Crippen MR) is 89.3 cm³/mol. The van der Waals surface area contributed by atoms with Gasteiger partial charge in [-0.25, -0.2) is 8.42 Å². The van der Waals surface area contributed by atoms with Crippen molar-refractivity contribution in [3.05, 3.63) is 47.7 Å². The van der Waals surface area contributed by atoms with Crippen LogP contribution in [-0.4, -0.2) is 37.0 Å². The highest BCUT2D eigenvalue weighted by Crippen LogP contribution is 2.23. The van der Waals surface area contributed by atoms with Crippen molar-refractivity contribution in [2.75, 3.05) is 14.2 Å². The third-order valence-corrected chi connectivity index (χ3v) is 6.51. The van der Waals surface area contributed by atoms with E-state index in [0.29, 0.717) is 5.82 Å². The maximum Gasteiger partial charge on any atom is 0.252 e. The van der Waals surface area contributed by atoms with E-state index in [9.17, 15) is 8.42 Å². The van der Waals surface area contributed by atoms with Gasteiger partial charge in [-0.1, -0.05) is 11.2 Å². The molecule has 0 amide bonds. The van der Waals surface area contributed by atoms with Crippen LogP contribution in [0.2, 0.25) is 0 Å². The first-order valence-corrected chi connectivity index (χ1v) is 9.29. The number of methoxy groups -OCH3 is 1. The van der Waals surface area contributed by atoms with Crippen LogP contribution in [0.25, 0.3) is 11.4 Å². The zero-order valence-electron chi connectivity index (χ0n) is 13.0. The largest absolute Gasteiger partial charge is 0.497 e. The normalized spacial score (nSPS) is 11.8. The molecule has 0 radical (unpaired) electrons. The minimum absolute atomic E-state index is 0.00336. The number of nitrogens with zero attached hydrogens (tertiary/aromatic N) is 3. The summed E-state index contributed by atoms with van der Waals surface area (Å²) in [4.78, 5) is 4.25. The first-order chi connectivity index (χ1) is 11.5. The maximum absolute atomic E-state index is 12.4. The first kappa shape index (κ1) is 16.6. The molecule has 0 saturated heterocycles. The number of benzene rings is 1. The van der Waals surface area contributed by atoms with Crippen LogP contribution in [-0.2, 0) is 16.6 Å². The number of aromatic nitrogens is 2. The molecule has 0 spiro atoms. The summed E-state index contributed by atoms with van der Waals surface area (Å²) in [6, 6.07) is 10.4. The van der Waals surface area contributed by atoms with Gasteiger partial charge in [0.2, 0.25) is 11.7 Å². The van der Waals surface area contributed by atoms with Gasteiger partial charge in [0, 0.05) is 12.6 Å². The zero-order chi connectivity index (χ0) is 17.2. The molecule has 0 unspecified atom stereocenters. The molecule has 2 heterocycles. The molecular formula is C15H15N3O4S2. The van der Waals surface area contributed by atoms with E-state index >= 15 is 0 Å². The molecule has 2 aromatic heterocycles. The Balaban J connectivity index is 1.76. The van der Waals surface area contributed by atoms with E-state index in [2.05, 4.69) is 10.1 Å². The molecular weight excluding hydrogens is 350 g/mol. The van der Waals surface area contributed by atoms with Gasteiger partial charge in [-0.05, 0) is 35.7 Å². The van der Waals surface area contributed by atoms with Crippen LogP contribution in [0.3, 0.4) is 0 Å². The lowest BCUT2D eigenvalue weighted by molar-refractivity contribution is 0.337. The second-order valence-electron chi connectivity index (χ2n) is 4.93. The fourth-order valence-electron chi connectivity index (χ4n) is 2.02. The molecule has 3 rings (SSSR count). The van der Waals surface area contributed by atoms with E-state index in [1.807, 2.05) is 0 Å². The Kier molecular flexibility index (Phi) is 4.65. The number of hydrogen-bond donors (Lipinski definition) is 0. The second-order valence-corrected chi connectivity index (χ2v) is 8.15.